The van der Waals surface area contributed by atoms with E-state index in [9.17, 15) is 5.11 Å². The van der Waals surface area contributed by atoms with Gasteiger partial charge in [-0.1, -0.05) is 12.1 Å². The molecule has 2 aromatic carbocycles. The van der Waals surface area contributed by atoms with Gasteiger partial charge in [0.2, 0.25) is 0 Å². The lowest BCUT2D eigenvalue weighted by molar-refractivity contribution is 0.114. The third-order valence-electron chi connectivity index (χ3n) is 7.01. The summed E-state index contributed by atoms with van der Waals surface area (Å²) in [6.07, 6.45) is 1.74. The molecule has 0 bridgehead atoms. The van der Waals surface area contributed by atoms with Crippen LogP contribution in [0, 0.1) is 11.3 Å². The number of hydrogen-bond acceptors (Lipinski definition) is 6. The number of rotatable bonds is 4. The summed E-state index contributed by atoms with van der Waals surface area (Å²) in [5.74, 6) is 0.718. The molecule has 0 amide bonds. The topological polar surface area (TPSA) is 83.4 Å². The molecule has 1 N–H and O–H groups in total. The average Bonchev–Trinajstić information content (AvgIpc) is 3.43. The summed E-state index contributed by atoms with van der Waals surface area (Å²) in [6, 6.07) is 18.4. The molecule has 0 aliphatic carbocycles. The number of benzene rings is 2. The Labute approximate surface area is 205 Å². The lowest BCUT2D eigenvalue weighted by Crippen LogP contribution is -2.38. The maximum Gasteiger partial charge on any atom is 0.179 e. The first-order valence-corrected chi connectivity index (χ1v) is 11.6. The Morgan fingerprint density at radius 3 is 2.51 bits per heavy atom. The minimum atomic E-state index is -0.380. The van der Waals surface area contributed by atoms with Crippen LogP contribution >= 0.6 is 0 Å². The molecule has 0 saturated carbocycles. The molecular formula is C27H29N7O. The van der Waals surface area contributed by atoms with Gasteiger partial charge in [-0.2, -0.15) is 10.4 Å². The molecule has 0 unspecified atom stereocenters. The van der Waals surface area contributed by atoms with Crippen molar-refractivity contribution >= 4 is 23.9 Å². The van der Waals surface area contributed by atoms with Crippen molar-refractivity contribution in [2.45, 2.75) is 18.7 Å². The largest absolute Gasteiger partial charge is 0.390 e. The Morgan fingerprint density at radius 2 is 1.86 bits per heavy atom. The zero-order chi connectivity index (χ0) is 24.7. The van der Waals surface area contributed by atoms with Gasteiger partial charge in [-0.15, -0.1) is 5.10 Å². The van der Waals surface area contributed by atoms with E-state index in [0.29, 0.717) is 18.7 Å². The highest BCUT2D eigenvalue weighted by molar-refractivity contribution is 6.10. The van der Waals surface area contributed by atoms with Gasteiger partial charge in [-0.3, -0.25) is 0 Å². The molecular weight excluding hydrogens is 438 g/mol. The third-order valence-corrected chi connectivity index (χ3v) is 7.01. The Morgan fingerprint density at radius 1 is 1.09 bits per heavy atom. The minimum Gasteiger partial charge on any atom is -0.390 e. The van der Waals surface area contributed by atoms with Crippen molar-refractivity contribution in [3.05, 3.63) is 71.5 Å². The van der Waals surface area contributed by atoms with Crippen LogP contribution in [0.1, 0.15) is 16.8 Å². The van der Waals surface area contributed by atoms with Crippen LogP contribution in [0.25, 0.3) is 11.1 Å². The Balaban J connectivity index is 1.54. The smallest absolute Gasteiger partial charge is 0.179 e. The summed E-state index contributed by atoms with van der Waals surface area (Å²) in [5.41, 5.74) is 6.98. The van der Waals surface area contributed by atoms with Gasteiger partial charge >= 0.3 is 0 Å². The number of fused-ring (bicyclic) bond motifs is 2. The van der Waals surface area contributed by atoms with Crippen molar-refractivity contribution in [1.82, 2.24) is 9.47 Å². The number of nitrogens with zero attached hydrogens (tertiary/aromatic N) is 7. The molecule has 178 valence electrons. The average molecular weight is 468 g/mol. The summed E-state index contributed by atoms with van der Waals surface area (Å²) >= 11 is 0. The molecule has 8 heteroatoms. The lowest BCUT2D eigenvalue weighted by atomic mass is 10.1. The van der Waals surface area contributed by atoms with E-state index in [0.717, 1.165) is 46.1 Å². The Kier molecular flexibility index (Phi) is 5.89. The van der Waals surface area contributed by atoms with Crippen LogP contribution in [0.15, 0.2) is 64.9 Å². The Bertz CT molecular complexity index is 1330. The summed E-state index contributed by atoms with van der Waals surface area (Å²) < 4.78 is 2.19. The van der Waals surface area contributed by atoms with Crippen LogP contribution in [0.4, 0.5) is 11.4 Å². The molecule has 3 heterocycles. The number of likely N-dealkylation sites (N-methyl/N-ethyl adjacent to an activating group) is 1. The summed E-state index contributed by atoms with van der Waals surface area (Å²) in [5, 5.41) is 27.9. The molecule has 8 nitrogen and oxygen atoms in total. The predicted molar refractivity (Wildman–Crippen MR) is 140 cm³/mol. The predicted octanol–water partition coefficient (Wildman–Crippen LogP) is 3.00. The van der Waals surface area contributed by atoms with Gasteiger partial charge in [0.1, 0.15) is 0 Å². The molecule has 0 radical (unpaired) electrons. The van der Waals surface area contributed by atoms with Gasteiger partial charge in [0.15, 0.2) is 5.84 Å². The van der Waals surface area contributed by atoms with Crippen LogP contribution < -0.4 is 9.80 Å². The third kappa shape index (κ3) is 4.09. The molecule has 3 aromatic rings. The van der Waals surface area contributed by atoms with Gasteiger partial charge in [0.25, 0.3) is 0 Å². The summed E-state index contributed by atoms with van der Waals surface area (Å²) in [6.45, 7) is 5.66. The van der Waals surface area contributed by atoms with Crippen LogP contribution in [-0.4, -0.2) is 73.5 Å². The van der Waals surface area contributed by atoms with Gasteiger partial charge in [-0.25, -0.2) is 0 Å². The normalized spacial score (nSPS) is 20.5. The molecule has 2 aliphatic heterocycles. The van der Waals surface area contributed by atoms with E-state index in [2.05, 4.69) is 72.7 Å². The van der Waals surface area contributed by atoms with Crippen molar-refractivity contribution < 1.29 is 5.11 Å². The number of aromatic nitrogens is 1. The van der Waals surface area contributed by atoms with E-state index in [1.54, 1.807) is 0 Å². The standard InChI is InChI=1S/C27H29N7O/c1-29-30-27-24-12-20(19-7-5-18(13-28)6-8-19)14-34(24)15-21-11-22(9-10-23(21)32(27)4)33-16-25(31(2)3)26(35)17-33/h5-12,14,25-26,35H,1,15-17H2,2-4H3/b30-27-/t25-,26+/m1/s1. The van der Waals surface area contributed by atoms with Crippen LogP contribution in [0.5, 0.6) is 0 Å². The van der Waals surface area contributed by atoms with Crippen molar-refractivity contribution in [2.75, 3.05) is 44.0 Å². The first-order chi connectivity index (χ1) is 16.9. The highest BCUT2D eigenvalue weighted by Crippen LogP contribution is 2.34. The first-order valence-electron chi connectivity index (χ1n) is 11.6. The second-order valence-corrected chi connectivity index (χ2v) is 9.37. The number of aliphatic hydroxyl groups excluding tert-OH is 1. The number of amidine groups is 1. The molecule has 1 saturated heterocycles. The molecule has 1 fully saturated rings. The summed E-state index contributed by atoms with van der Waals surface area (Å²) in [4.78, 5) is 6.39. The number of nitriles is 1. The van der Waals surface area contributed by atoms with Crippen LogP contribution in [0.3, 0.4) is 0 Å². The molecule has 5 rings (SSSR count). The monoisotopic (exact) mass is 467 g/mol. The van der Waals surface area contributed by atoms with E-state index in [1.807, 2.05) is 45.4 Å². The molecule has 1 aromatic heterocycles. The van der Waals surface area contributed by atoms with Crippen LogP contribution in [-0.2, 0) is 6.54 Å². The first kappa shape index (κ1) is 22.8. The van der Waals surface area contributed by atoms with Crippen molar-refractivity contribution in [3.63, 3.8) is 0 Å². The van der Waals surface area contributed by atoms with Crippen molar-refractivity contribution in [3.8, 4) is 17.2 Å². The highest BCUT2D eigenvalue weighted by Gasteiger charge is 2.33. The molecule has 2 aliphatic rings. The van der Waals surface area contributed by atoms with Crippen molar-refractivity contribution in [2.24, 2.45) is 10.2 Å². The SMILES string of the molecule is C=N/N=C1/c2cc(-c3ccc(C#N)cc3)cn2Cc2cc(N3C[C@@H](N(C)C)[C@@H](O)C3)ccc2N1C. The van der Waals surface area contributed by atoms with Gasteiger partial charge in [0, 0.05) is 56.5 Å². The fourth-order valence-electron chi connectivity index (χ4n) is 5.09. The van der Waals surface area contributed by atoms with Crippen molar-refractivity contribution in [1.29, 1.82) is 5.26 Å². The van der Waals surface area contributed by atoms with Crippen LogP contribution in [0.2, 0.25) is 0 Å². The number of aliphatic hydroxyl groups is 1. The maximum absolute atomic E-state index is 10.5. The maximum atomic E-state index is 10.5. The molecule has 0 spiro atoms. The zero-order valence-corrected chi connectivity index (χ0v) is 20.3. The van der Waals surface area contributed by atoms with E-state index >= 15 is 0 Å². The van der Waals surface area contributed by atoms with E-state index < -0.39 is 0 Å². The van der Waals surface area contributed by atoms with E-state index in [-0.39, 0.29) is 12.1 Å². The zero-order valence-electron chi connectivity index (χ0n) is 20.3. The fourth-order valence-corrected chi connectivity index (χ4v) is 5.09. The lowest BCUT2D eigenvalue weighted by Gasteiger charge is -2.24. The number of anilines is 2. The minimum absolute atomic E-state index is 0.111. The molecule has 2 atom stereocenters. The number of hydrogen-bond donors (Lipinski definition) is 1. The fraction of sp³-hybridized carbons (Fsp3) is 0.296. The quantitative estimate of drug-likeness (QED) is 0.471. The molecule has 35 heavy (non-hydrogen) atoms. The van der Waals surface area contributed by atoms with Gasteiger partial charge in [-0.05, 0) is 61.6 Å². The van der Waals surface area contributed by atoms with Gasteiger partial charge < -0.3 is 24.4 Å². The summed E-state index contributed by atoms with van der Waals surface area (Å²) in [7, 11) is 6.02. The van der Waals surface area contributed by atoms with E-state index in [4.69, 9.17) is 5.26 Å². The second kappa shape index (κ2) is 9.02. The van der Waals surface area contributed by atoms with E-state index in [1.165, 1.54) is 0 Å². The Hall–Kier alpha value is -3.93. The highest BCUT2D eigenvalue weighted by atomic mass is 16.3. The van der Waals surface area contributed by atoms with Gasteiger partial charge in [0.05, 0.1) is 29.5 Å². The number of β-amino-alcohol motifs (C(OH)–C–C–N with tert-alkyl or cyclic N) is 1. The second-order valence-electron chi connectivity index (χ2n) is 9.37.